The van der Waals surface area contributed by atoms with E-state index in [9.17, 15) is 5.11 Å². The lowest BCUT2D eigenvalue weighted by atomic mass is 9.98. The lowest BCUT2D eigenvalue weighted by Crippen LogP contribution is -2.35. The number of phenolic OH excluding ortho intramolecular Hbond substituents is 1. The summed E-state index contributed by atoms with van der Waals surface area (Å²) in [5.74, 6) is 1.77. The number of nitrogens with one attached hydrogen (secondary N) is 1. The predicted molar refractivity (Wildman–Crippen MR) is 98.8 cm³/mol. The van der Waals surface area contributed by atoms with Crippen molar-refractivity contribution >= 4 is 11.5 Å². The second-order valence-electron chi connectivity index (χ2n) is 6.80. The first kappa shape index (κ1) is 15.9. The van der Waals surface area contributed by atoms with Crippen LogP contribution in [0.1, 0.15) is 12.8 Å². The van der Waals surface area contributed by atoms with Crippen molar-refractivity contribution in [1.82, 2.24) is 19.5 Å². The summed E-state index contributed by atoms with van der Waals surface area (Å²) in [5.41, 5.74) is 2.24. The first-order valence-corrected chi connectivity index (χ1v) is 8.76. The van der Waals surface area contributed by atoms with Crippen LogP contribution in [0.15, 0.2) is 42.6 Å². The molecule has 2 N–H and O–H groups in total. The molecular weight excluding hydrogens is 314 g/mol. The molecule has 0 amide bonds. The molecule has 1 aliphatic heterocycles. The zero-order chi connectivity index (χ0) is 17.2. The van der Waals surface area contributed by atoms with Crippen LogP contribution in [0.25, 0.3) is 16.9 Å². The number of hydrogen-bond donors (Lipinski definition) is 2. The van der Waals surface area contributed by atoms with E-state index < -0.39 is 0 Å². The minimum absolute atomic E-state index is 0.235. The monoisotopic (exact) mass is 337 g/mol. The van der Waals surface area contributed by atoms with Crippen LogP contribution in [0.3, 0.4) is 0 Å². The van der Waals surface area contributed by atoms with Gasteiger partial charge in [-0.15, -0.1) is 0 Å². The summed E-state index contributed by atoms with van der Waals surface area (Å²) >= 11 is 0. The van der Waals surface area contributed by atoms with Crippen molar-refractivity contribution in [2.24, 2.45) is 5.92 Å². The lowest BCUT2D eigenvalue weighted by Gasteiger charge is -2.30. The second-order valence-corrected chi connectivity index (χ2v) is 6.80. The molecule has 1 fully saturated rings. The van der Waals surface area contributed by atoms with E-state index in [4.69, 9.17) is 0 Å². The van der Waals surface area contributed by atoms with Gasteiger partial charge in [-0.1, -0.05) is 12.1 Å². The summed E-state index contributed by atoms with van der Waals surface area (Å²) in [6, 6.07) is 11.1. The van der Waals surface area contributed by atoms with Crippen molar-refractivity contribution in [3.05, 3.63) is 42.6 Å². The average molecular weight is 337 g/mol. The molecule has 1 aromatic carbocycles. The van der Waals surface area contributed by atoms with Gasteiger partial charge in [0, 0.05) is 30.8 Å². The Balaban J connectivity index is 1.63. The van der Waals surface area contributed by atoms with Gasteiger partial charge in [-0.05, 0) is 44.5 Å². The van der Waals surface area contributed by atoms with E-state index >= 15 is 0 Å². The van der Waals surface area contributed by atoms with Crippen LogP contribution in [0, 0.1) is 5.92 Å². The van der Waals surface area contributed by atoms with Crippen molar-refractivity contribution in [2.45, 2.75) is 12.8 Å². The van der Waals surface area contributed by atoms with Gasteiger partial charge in [0.05, 0.1) is 11.9 Å². The van der Waals surface area contributed by atoms with Gasteiger partial charge >= 0.3 is 0 Å². The van der Waals surface area contributed by atoms with Gasteiger partial charge in [-0.2, -0.15) is 9.61 Å². The molecule has 3 heterocycles. The van der Waals surface area contributed by atoms with Gasteiger partial charge in [0.25, 0.3) is 0 Å². The standard InChI is InChI=1S/C19H23N5O/c1-23-10-4-5-14(13-23)12-20-19-11-16(15-6-2-3-7-17(15)25)22-18-8-9-21-24(18)19/h2-3,6-9,11,14,20,25H,4-5,10,12-13H2,1H3. The van der Waals surface area contributed by atoms with Gasteiger partial charge in [-0.3, -0.25) is 0 Å². The Hall–Kier alpha value is -2.60. The molecule has 0 radical (unpaired) electrons. The molecule has 2 aromatic heterocycles. The van der Waals surface area contributed by atoms with Gasteiger partial charge in [0.2, 0.25) is 0 Å². The Bertz CT molecular complexity index is 875. The third-order valence-corrected chi connectivity index (χ3v) is 4.83. The fraction of sp³-hybridized carbons (Fsp3) is 0.368. The van der Waals surface area contributed by atoms with Crippen molar-refractivity contribution in [2.75, 3.05) is 32.0 Å². The van der Waals surface area contributed by atoms with Crippen LogP contribution in [-0.4, -0.2) is 51.3 Å². The maximum atomic E-state index is 10.2. The maximum Gasteiger partial charge on any atom is 0.157 e. The van der Waals surface area contributed by atoms with E-state index in [-0.39, 0.29) is 5.75 Å². The highest BCUT2D eigenvalue weighted by Crippen LogP contribution is 2.29. The molecule has 1 saturated heterocycles. The highest BCUT2D eigenvalue weighted by atomic mass is 16.3. The molecule has 4 rings (SSSR count). The van der Waals surface area contributed by atoms with E-state index in [1.807, 2.05) is 34.8 Å². The number of anilines is 1. The maximum absolute atomic E-state index is 10.2. The minimum Gasteiger partial charge on any atom is -0.507 e. The molecule has 0 spiro atoms. The third-order valence-electron chi connectivity index (χ3n) is 4.83. The molecule has 0 aliphatic carbocycles. The highest BCUT2D eigenvalue weighted by Gasteiger charge is 2.18. The van der Waals surface area contributed by atoms with E-state index in [0.717, 1.165) is 35.8 Å². The topological polar surface area (TPSA) is 65.7 Å². The number of hydrogen-bond acceptors (Lipinski definition) is 5. The number of piperidine rings is 1. The van der Waals surface area contributed by atoms with Gasteiger partial charge < -0.3 is 15.3 Å². The van der Waals surface area contributed by atoms with Crippen LogP contribution in [-0.2, 0) is 0 Å². The summed E-state index contributed by atoms with van der Waals surface area (Å²) in [6.45, 7) is 3.21. The summed E-state index contributed by atoms with van der Waals surface area (Å²) in [6.07, 6.45) is 4.24. The highest BCUT2D eigenvalue weighted by molar-refractivity contribution is 5.71. The molecule has 1 atom stereocenters. The van der Waals surface area contributed by atoms with Crippen LogP contribution < -0.4 is 5.32 Å². The fourth-order valence-electron chi connectivity index (χ4n) is 3.56. The van der Waals surface area contributed by atoms with E-state index in [2.05, 4.69) is 27.3 Å². The molecular formula is C19H23N5O. The molecule has 0 saturated carbocycles. The second kappa shape index (κ2) is 6.72. The Labute approximate surface area is 147 Å². The summed E-state index contributed by atoms with van der Waals surface area (Å²) in [4.78, 5) is 7.01. The van der Waals surface area contributed by atoms with E-state index in [1.165, 1.54) is 19.4 Å². The minimum atomic E-state index is 0.235. The van der Waals surface area contributed by atoms with Crippen molar-refractivity contribution in [3.8, 4) is 17.0 Å². The van der Waals surface area contributed by atoms with Crippen molar-refractivity contribution < 1.29 is 5.11 Å². The number of likely N-dealkylation sites (tertiary alicyclic amines) is 1. The number of para-hydroxylation sites is 1. The van der Waals surface area contributed by atoms with Crippen molar-refractivity contribution in [1.29, 1.82) is 0 Å². The van der Waals surface area contributed by atoms with Gasteiger partial charge in [-0.25, -0.2) is 4.98 Å². The predicted octanol–water partition coefficient (Wildman–Crippen LogP) is 2.86. The molecule has 130 valence electrons. The molecule has 0 bridgehead atoms. The SMILES string of the molecule is CN1CCCC(CNc2cc(-c3ccccc3O)nc3ccnn23)C1. The van der Waals surface area contributed by atoms with Crippen LogP contribution in [0.2, 0.25) is 0 Å². The molecule has 1 aliphatic rings. The normalized spacial score (nSPS) is 18.5. The first-order valence-electron chi connectivity index (χ1n) is 8.76. The Morgan fingerprint density at radius 3 is 3.00 bits per heavy atom. The Kier molecular flexibility index (Phi) is 4.28. The lowest BCUT2D eigenvalue weighted by molar-refractivity contribution is 0.217. The smallest absolute Gasteiger partial charge is 0.157 e. The zero-order valence-electron chi connectivity index (χ0n) is 14.4. The quantitative estimate of drug-likeness (QED) is 0.766. The Morgan fingerprint density at radius 1 is 1.28 bits per heavy atom. The third kappa shape index (κ3) is 3.30. The first-order chi connectivity index (χ1) is 12.2. The van der Waals surface area contributed by atoms with Crippen molar-refractivity contribution in [3.63, 3.8) is 0 Å². The van der Waals surface area contributed by atoms with Crippen LogP contribution in [0.5, 0.6) is 5.75 Å². The number of rotatable bonds is 4. The summed E-state index contributed by atoms with van der Waals surface area (Å²) in [7, 11) is 2.18. The fourth-order valence-corrected chi connectivity index (χ4v) is 3.56. The van der Waals surface area contributed by atoms with E-state index in [1.54, 1.807) is 12.3 Å². The van der Waals surface area contributed by atoms with Gasteiger partial charge in [0.1, 0.15) is 11.6 Å². The molecule has 1 unspecified atom stereocenters. The molecule has 6 heteroatoms. The average Bonchev–Trinajstić information content (AvgIpc) is 3.09. The molecule has 6 nitrogen and oxygen atoms in total. The number of nitrogens with zero attached hydrogens (tertiary/aromatic N) is 4. The largest absolute Gasteiger partial charge is 0.507 e. The van der Waals surface area contributed by atoms with Crippen LogP contribution >= 0.6 is 0 Å². The summed E-state index contributed by atoms with van der Waals surface area (Å²) in [5, 5.41) is 18.1. The number of aromatic hydroxyl groups is 1. The van der Waals surface area contributed by atoms with Crippen LogP contribution in [0.4, 0.5) is 5.82 Å². The molecule has 3 aromatic rings. The zero-order valence-corrected chi connectivity index (χ0v) is 14.4. The summed E-state index contributed by atoms with van der Waals surface area (Å²) < 4.78 is 1.82. The molecule has 25 heavy (non-hydrogen) atoms. The number of phenols is 1. The number of benzene rings is 1. The van der Waals surface area contributed by atoms with E-state index in [0.29, 0.717) is 5.92 Å². The van der Waals surface area contributed by atoms with Gasteiger partial charge in [0.15, 0.2) is 5.65 Å². The number of fused-ring (bicyclic) bond motifs is 1. The number of aromatic nitrogens is 3. The Morgan fingerprint density at radius 2 is 2.16 bits per heavy atom.